The number of ether oxygens (including phenoxy) is 4. The smallest absolute Gasteiger partial charge is 0.351 e. The van der Waals surface area contributed by atoms with Crippen LogP contribution in [-0.2, 0) is 33.3 Å². The largest absolute Gasteiger partial charge is 0.460 e. The van der Waals surface area contributed by atoms with Crippen molar-refractivity contribution in [3.05, 3.63) is 22.5 Å². The molecular formula is C17H21BrFN3O8. The second-order valence-corrected chi connectivity index (χ2v) is 8.01. The molecule has 1 aliphatic heterocycles. The Balaban J connectivity index is 2.23. The number of nitrogens with two attached hydrogens (primary N) is 1. The number of rotatable bonds is 6. The third-order valence-electron chi connectivity index (χ3n) is 4.05. The van der Waals surface area contributed by atoms with Gasteiger partial charge in [-0.3, -0.25) is 14.2 Å². The van der Waals surface area contributed by atoms with Gasteiger partial charge in [0.15, 0.2) is 17.9 Å². The summed E-state index contributed by atoms with van der Waals surface area (Å²) in [6.07, 6.45) is -2.35. The van der Waals surface area contributed by atoms with E-state index < -0.39 is 70.7 Å². The minimum absolute atomic E-state index is 0.403. The number of esters is 3. The Morgan fingerprint density at radius 2 is 1.97 bits per heavy atom. The molecule has 166 valence electrons. The van der Waals surface area contributed by atoms with Crippen molar-refractivity contribution in [2.45, 2.75) is 56.6 Å². The molecule has 13 heteroatoms. The Bertz CT molecular complexity index is 905. The summed E-state index contributed by atoms with van der Waals surface area (Å²) in [6.45, 7) is 4.59. The summed E-state index contributed by atoms with van der Waals surface area (Å²) >= 11 is 3.28. The van der Waals surface area contributed by atoms with Crippen LogP contribution in [0.25, 0.3) is 0 Å². The van der Waals surface area contributed by atoms with E-state index in [0.717, 1.165) is 24.6 Å². The average molecular weight is 494 g/mol. The van der Waals surface area contributed by atoms with Gasteiger partial charge in [-0.25, -0.2) is 14.0 Å². The fourth-order valence-electron chi connectivity index (χ4n) is 2.76. The van der Waals surface area contributed by atoms with Crippen LogP contribution >= 0.6 is 15.9 Å². The molecule has 11 nitrogen and oxygen atoms in total. The zero-order valence-corrected chi connectivity index (χ0v) is 18.2. The summed E-state index contributed by atoms with van der Waals surface area (Å²) in [6, 6.07) is 0. The Morgan fingerprint density at radius 1 is 1.33 bits per heavy atom. The second-order valence-electron chi connectivity index (χ2n) is 6.95. The van der Waals surface area contributed by atoms with Crippen molar-refractivity contribution in [1.29, 1.82) is 0 Å². The summed E-state index contributed by atoms with van der Waals surface area (Å²) < 4.78 is 35.6. The van der Waals surface area contributed by atoms with E-state index in [-0.39, 0.29) is 0 Å². The molecule has 1 aliphatic rings. The van der Waals surface area contributed by atoms with E-state index >= 15 is 0 Å². The first-order chi connectivity index (χ1) is 13.8. The molecule has 0 bridgehead atoms. The van der Waals surface area contributed by atoms with Crippen LogP contribution in [0.1, 0.15) is 33.9 Å². The maximum Gasteiger partial charge on any atom is 0.351 e. The number of hydrogen-bond acceptors (Lipinski definition) is 10. The molecule has 0 spiro atoms. The van der Waals surface area contributed by atoms with Gasteiger partial charge in [-0.15, -0.1) is 0 Å². The van der Waals surface area contributed by atoms with Gasteiger partial charge in [0.05, 0.1) is 11.0 Å². The van der Waals surface area contributed by atoms with Crippen LogP contribution in [0.15, 0.2) is 11.0 Å². The van der Waals surface area contributed by atoms with E-state index in [1.807, 2.05) is 0 Å². The van der Waals surface area contributed by atoms with E-state index in [2.05, 4.69) is 20.9 Å². The normalized spacial score (nSPS) is 23.7. The van der Waals surface area contributed by atoms with Crippen LogP contribution in [0, 0.1) is 5.82 Å². The summed E-state index contributed by atoms with van der Waals surface area (Å²) in [5, 5.41) is 0. The van der Waals surface area contributed by atoms with Crippen molar-refractivity contribution in [2.24, 2.45) is 0 Å². The molecular weight excluding hydrogens is 473 g/mol. The lowest BCUT2D eigenvalue weighted by Crippen LogP contribution is -2.41. The van der Waals surface area contributed by atoms with Gasteiger partial charge in [-0.05, 0) is 13.8 Å². The maximum atomic E-state index is 13.8. The Kier molecular flexibility index (Phi) is 7.18. The van der Waals surface area contributed by atoms with Gasteiger partial charge < -0.3 is 24.7 Å². The van der Waals surface area contributed by atoms with Gasteiger partial charge in [0.25, 0.3) is 0 Å². The monoisotopic (exact) mass is 493 g/mol. The molecule has 0 amide bonds. The predicted molar refractivity (Wildman–Crippen MR) is 102 cm³/mol. The highest BCUT2D eigenvalue weighted by atomic mass is 79.9. The molecule has 0 aromatic carbocycles. The standard InChI is InChI=1S/C17H21BrFN3O8/c1-7(23)28-12-10(6-27-15(25)17(3,4)30-8(2)24)29-14(11(12)18)22-5-9(19)13(20)21-16(22)26/h5,10-12,14H,6H2,1-4H3,(H2,20,21,26)/t10?,11?,12-,14?/m1/s1. The topological polar surface area (TPSA) is 149 Å². The van der Waals surface area contributed by atoms with E-state index in [0.29, 0.717) is 0 Å². The van der Waals surface area contributed by atoms with E-state index in [9.17, 15) is 23.6 Å². The van der Waals surface area contributed by atoms with Crippen LogP contribution in [0.2, 0.25) is 0 Å². The molecule has 2 heterocycles. The van der Waals surface area contributed by atoms with Gasteiger partial charge in [0.2, 0.25) is 5.60 Å². The van der Waals surface area contributed by atoms with Crippen molar-refractivity contribution < 1.29 is 37.7 Å². The molecule has 1 aromatic heterocycles. The number of alkyl halides is 1. The number of nitrogens with zero attached hydrogens (tertiary/aromatic N) is 2. The van der Waals surface area contributed by atoms with Crippen LogP contribution in [0.3, 0.4) is 0 Å². The maximum absolute atomic E-state index is 13.8. The Morgan fingerprint density at radius 3 is 2.53 bits per heavy atom. The lowest BCUT2D eigenvalue weighted by Gasteiger charge is -2.24. The fraction of sp³-hybridized carbons (Fsp3) is 0.588. The Hall–Kier alpha value is -2.54. The van der Waals surface area contributed by atoms with Crippen LogP contribution in [0.4, 0.5) is 10.2 Å². The average Bonchev–Trinajstić information content (AvgIpc) is 2.90. The van der Waals surface area contributed by atoms with Crippen molar-refractivity contribution in [1.82, 2.24) is 9.55 Å². The number of nitrogen functional groups attached to an aromatic ring is 1. The highest BCUT2D eigenvalue weighted by Gasteiger charge is 2.48. The van der Waals surface area contributed by atoms with Crippen molar-refractivity contribution in [2.75, 3.05) is 12.3 Å². The van der Waals surface area contributed by atoms with E-state index in [1.54, 1.807) is 0 Å². The molecule has 2 rings (SSSR count). The van der Waals surface area contributed by atoms with Crippen molar-refractivity contribution in [3.63, 3.8) is 0 Å². The molecule has 3 unspecified atom stereocenters. The van der Waals surface area contributed by atoms with E-state index in [1.165, 1.54) is 13.8 Å². The zero-order chi connectivity index (χ0) is 22.8. The number of aromatic nitrogens is 2. The van der Waals surface area contributed by atoms with Crippen LogP contribution in [0.5, 0.6) is 0 Å². The molecule has 4 atom stereocenters. The molecule has 1 aromatic rings. The molecule has 30 heavy (non-hydrogen) atoms. The fourth-order valence-corrected chi connectivity index (χ4v) is 3.58. The first-order valence-corrected chi connectivity index (χ1v) is 9.62. The van der Waals surface area contributed by atoms with Crippen LogP contribution < -0.4 is 11.4 Å². The second kappa shape index (κ2) is 9.08. The van der Waals surface area contributed by atoms with Crippen molar-refractivity contribution >= 4 is 39.7 Å². The molecule has 0 radical (unpaired) electrons. The zero-order valence-electron chi connectivity index (χ0n) is 16.6. The number of carbonyl (C=O) groups excluding carboxylic acids is 3. The third-order valence-corrected chi connectivity index (χ3v) is 5.02. The number of anilines is 1. The molecule has 0 aliphatic carbocycles. The lowest BCUT2D eigenvalue weighted by molar-refractivity contribution is -0.181. The van der Waals surface area contributed by atoms with E-state index in [4.69, 9.17) is 24.7 Å². The summed E-state index contributed by atoms with van der Waals surface area (Å²) in [5.74, 6) is -3.71. The van der Waals surface area contributed by atoms with Gasteiger partial charge in [-0.1, -0.05) is 15.9 Å². The predicted octanol–water partition coefficient (Wildman–Crippen LogP) is 0.442. The minimum Gasteiger partial charge on any atom is -0.460 e. The summed E-state index contributed by atoms with van der Waals surface area (Å²) in [7, 11) is 0. The first kappa shape index (κ1) is 23.7. The number of hydrogen-bond donors (Lipinski definition) is 1. The first-order valence-electron chi connectivity index (χ1n) is 8.71. The Labute approximate surface area is 178 Å². The number of halogens is 2. The molecule has 2 N–H and O–H groups in total. The summed E-state index contributed by atoms with van der Waals surface area (Å²) in [5.41, 5.74) is 2.83. The lowest BCUT2D eigenvalue weighted by atomic mass is 10.1. The molecule has 0 saturated carbocycles. The summed E-state index contributed by atoms with van der Waals surface area (Å²) in [4.78, 5) is 49.6. The minimum atomic E-state index is -1.56. The quantitative estimate of drug-likeness (QED) is 0.336. The highest BCUT2D eigenvalue weighted by molar-refractivity contribution is 9.09. The molecule has 1 saturated heterocycles. The number of carbonyl (C=O) groups is 3. The highest BCUT2D eigenvalue weighted by Crippen LogP contribution is 2.36. The van der Waals surface area contributed by atoms with Crippen LogP contribution in [-0.4, -0.2) is 56.7 Å². The van der Waals surface area contributed by atoms with Gasteiger partial charge in [0, 0.05) is 13.8 Å². The third kappa shape index (κ3) is 5.33. The van der Waals surface area contributed by atoms with Gasteiger partial charge in [-0.2, -0.15) is 4.98 Å². The molecule has 1 fully saturated rings. The van der Waals surface area contributed by atoms with Gasteiger partial charge >= 0.3 is 23.6 Å². The van der Waals surface area contributed by atoms with Gasteiger partial charge in [0.1, 0.15) is 18.8 Å². The van der Waals surface area contributed by atoms with Crippen molar-refractivity contribution in [3.8, 4) is 0 Å². The SMILES string of the molecule is CC(=O)O[C@@H]1C(COC(=O)C(C)(C)OC(C)=O)OC(n2cc(F)c(N)nc2=O)C1Br.